The van der Waals surface area contributed by atoms with Crippen LogP contribution in [0.5, 0.6) is 5.75 Å². The van der Waals surface area contributed by atoms with Gasteiger partial charge in [-0.2, -0.15) is 0 Å². The Morgan fingerprint density at radius 1 is 1.50 bits per heavy atom. The second-order valence-electron chi connectivity index (χ2n) is 3.59. The number of carbonyl (C=O) groups is 1. The van der Waals surface area contributed by atoms with Crippen LogP contribution in [0.15, 0.2) is 24.3 Å². The monoisotopic (exact) mass is 222 g/mol. The molecule has 1 aliphatic rings. The quantitative estimate of drug-likeness (QED) is 0.630. The fourth-order valence-corrected chi connectivity index (χ4v) is 1.53. The van der Waals surface area contributed by atoms with Crippen LogP contribution >= 0.6 is 0 Å². The molecule has 0 radical (unpaired) electrons. The number of morpholine rings is 1. The summed E-state index contributed by atoms with van der Waals surface area (Å²) < 4.78 is 5.19. The average Bonchev–Trinajstić information content (AvgIpc) is 2.33. The van der Waals surface area contributed by atoms with Crippen LogP contribution in [0.2, 0.25) is 0 Å². The summed E-state index contributed by atoms with van der Waals surface area (Å²) in [7, 11) is 0. The van der Waals surface area contributed by atoms with Crippen molar-refractivity contribution < 1.29 is 14.6 Å². The Balaban J connectivity index is 1.99. The summed E-state index contributed by atoms with van der Waals surface area (Å²) in [5.41, 5.74) is 0.417. The maximum Gasteiger partial charge on any atom is 0.244 e. The predicted molar refractivity (Wildman–Crippen MR) is 59.3 cm³/mol. The van der Waals surface area contributed by atoms with Crippen LogP contribution in [0, 0.1) is 0 Å². The second kappa shape index (κ2) is 4.96. The SMILES string of the molecule is O=C(Nc1ccccc1O)C1COCCN1. The molecule has 5 heteroatoms. The van der Waals surface area contributed by atoms with Crippen molar-refractivity contribution in [2.24, 2.45) is 0 Å². The first-order chi connectivity index (χ1) is 7.77. The van der Waals surface area contributed by atoms with Crippen LogP contribution in [0.4, 0.5) is 5.69 Å². The molecule has 1 heterocycles. The van der Waals surface area contributed by atoms with Gasteiger partial charge in [-0.3, -0.25) is 4.79 Å². The lowest BCUT2D eigenvalue weighted by Gasteiger charge is -2.23. The van der Waals surface area contributed by atoms with E-state index in [1.54, 1.807) is 18.2 Å². The van der Waals surface area contributed by atoms with Gasteiger partial charge >= 0.3 is 0 Å². The Labute approximate surface area is 93.4 Å². The molecular formula is C11H14N2O3. The summed E-state index contributed by atoms with van der Waals surface area (Å²) in [5.74, 6) is -0.131. The summed E-state index contributed by atoms with van der Waals surface area (Å²) in [6.45, 7) is 1.65. The van der Waals surface area contributed by atoms with Gasteiger partial charge in [0.1, 0.15) is 11.8 Å². The first kappa shape index (κ1) is 10.9. The molecule has 16 heavy (non-hydrogen) atoms. The molecule has 1 saturated heterocycles. The minimum atomic E-state index is -0.353. The van der Waals surface area contributed by atoms with Crippen LogP contribution < -0.4 is 10.6 Å². The van der Waals surface area contributed by atoms with Gasteiger partial charge in [-0.1, -0.05) is 12.1 Å². The fraction of sp³-hybridized carbons (Fsp3) is 0.364. The van der Waals surface area contributed by atoms with Crippen molar-refractivity contribution in [1.29, 1.82) is 0 Å². The lowest BCUT2D eigenvalue weighted by atomic mass is 10.2. The smallest absolute Gasteiger partial charge is 0.244 e. The summed E-state index contributed by atoms with van der Waals surface area (Å²) in [6, 6.07) is 6.28. The lowest BCUT2D eigenvalue weighted by molar-refractivity contribution is -0.120. The zero-order valence-electron chi connectivity index (χ0n) is 8.77. The van der Waals surface area contributed by atoms with E-state index < -0.39 is 0 Å². The fourth-order valence-electron chi connectivity index (χ4n) is 1.53. The molecule has 0 aliphatic carbocycles. The van der Waals surface area contributed by atoms with Crippen LogP contribution in [0.1, 0.15) is 0 Å². The number of hydrogen-bond donors (Lipinski definition) is 3. The number of para-hydroxylation sites is 2. The Morgan fingerprint density at radius 2 is 2.31 bits per heavy atom. The molecule has 1 unspecified atom stereocenters. The van der Waals surface area contributed by atoms with Gasteiger partial charge in [0.05, 0.1) is 18.9 Å². The van der Waals surface area contributed by atoms with E-state index in [2.05, 4.69) is 10.6 Å². The van der Waals surface area contributed by atoms with Crippen molar-refractivity contribution in [3.05, 3.63) is 24.3 Å². The van der Waals surface area contributed by atoms with E-state index in [0.717, 1.165) is 0 Å². The molecule has 1 aromatic rings. The van der Waals surface area contributed by atoms with Gasteiger partial charge in [-0.25, -0.2) is 0 Å². The van der Waals surface area contributed by atoms with Crippen molar-refractivity contribution in [2.45, 2.75) is 6.04 Å². The third kappa shape index (κ3) is 2.50. The number of aromatic hydroxyl groups is 1. The molecule has 0 bridgehead atoms. The number of carbonyl (C=O) groups excluding carboxylic acids is 1. The highest BCUT2D eigenvalue weighted by molar-refractivity contribution is 5.96. The van der Waals surface area contributed by atoms with E-state index in [1.165, 1.54) is 6.07 Å². The molecule has 1 atom stereocenters. The highest BCUT2D eigenvalue weighted by atomic mass is 16.5. The van der Waals surface area contributed by atoms with Crippen molar-refractivity contribution in [3.63, 3.8) is 0 Å². The Bertz CT molecular complexity index is 375. The van der Waals surface area contributed by atoms with Crippen LogP contribution in [-0.2, 0) is 9.53 Å². The zero-order valence-corrected chi connectivity index (χ0v) is 8.77. The minimum Gasteiger partial charge on any atom is -0.506 e. The third-order valence-electron chi connectivity index (χ3n) is 2.40. The predicted octanol–water partition coefficient (Wildman–Crippen LogP) is 0.319. The standard InChI is InChI=1S/C11H14N2O3/c14-10-4-2-1-3-8(10)13-11(15)9-7-16-6-5-12-9/h1-4,9,12,14H,5-7H2,(H,13,15). The van der Waals surface area contributed by atoms with Crippen LogP contribution in [-0.4, -0.2) is 36.8 Å². The minimum absolute atomic E-state index is 0.0626. The maximum atomic E-state index is 11.8. The summed E-state index contributed by atoms with van der Waals surface area (Å²) in [6.07, 6.45) is 0. The molecule has 2 rings (SSSR count). The molecule has 5 nitrogen and oxygen atoms in total. The number of phenols is 1. The first-order valence-electron chi connectivity index (χ1n) is 5.17. The van der Waals surface area contributed by atoms with Crippen molar-refractivity contribution in [3.8, 4) is 5.75 Å². The van der Waals surface area contributed by atoms with E-state index in [9.17, 15) is 9.90 Å². The summed E-state index contributed by atoms with van der Waals surface area (Å²) >= 11 is 0. The Hall–Kier alpha value is -1.59. The van der Waals surface area contributed by atoms with Crippen LogP contribution in [0.25, 0.3) is 0 Å². The largest absolute Gasteiger partial charge is 0.506 e. The van der Waals surface area contributed by atoms with Gasteiger partial charge < -0.3 is 20.5 Å². The molecule has 86 valence electrons. The normalized spacial score (nSPS) is 20.4. The number of rotatable bonds is 2. The highest BCUT2D eigenvalue weighted by Crippen LogP contribution is 2.21. The third-order valence-corrected chi connectivity index (χ3v) is 2.40. The first-order valence-corrected chi connectivity index (χ1v) is 5.17. The van der Waals surface area contributed by atoms with Gasteiger partial charge in [0, 0.05) is 6.54 Å². The number of phenolic OH excluding ortho intramolecular Hbond substituents is 1. The molecule has 1 aliphatic heterocycles. The topological polar surface area (TPSA) is 70.6 Å². The van der Waals surface area contributed by atoms with E-state index in [0.29, 0.717) is 25.4 Å². The van der Waals surface area contributed by atoms with E-state index in [1.807, 2.05) is 0 Å². The number of anilines is 1. The lowest BCUT2D eigenvalue weighted by Crippen LogP contribution is -2.48. The van der Waals surface area contributed by atoms with E-state index in [4.69, 9.17) is 4.74 Å². The van der Waals surface area contributed by atoms with Crippen LogP contribution in [0.3, 0.4) is 0 Å². The number of ether oxygens (including phenoxy) is 1. The summed E-state index contributed by atoms with van der Waals surface area (Å²) in [5, 5.41) is 15.2. The van der Waals surface area contributed by atoms with E-state index >= 15 is 0 Å². The molecule has 1 fully saturated rings. The Kier molecular flexibility index (Phi) is 3.38. The zero-order chi connectivity index (χ0) is 11.4. The molecule has 3 N–H and O–H groups in total. The van der Waals surface area contributed by atoms with Crippen molar-refractivity contribution in [2.75, 3.05) is 25.1 Å². The number of benzene rings is 1. The van der Waals surface area contributed by atoms with Gasteiger partial charge in [0.25, 0.3) is 0 Å². The molecule has 0 aromatic heterocycles. The molecular weight excluding hydrogens is 208 g/mol. The Morgan fingerprint density at radius 3 is 3.00 bits per heavy atom. The summed E-state index contributed by atoms with van der Waals surface area (Å²) in [4.78, 5) is 11.8. The van der Waals surface area contributed by atoms with Crippen molar-refractivity contribution in [1.82, 2.24) is 5.32 Å². The molecule has 1 amide bonds. The molecule has 0 saturated carbocycles. The average molecular weight is 222 g/mol. The number of amides is 1. The molecule has 1 aromatic carbocycles. The van der Waals surface area contributed by atoms with Gasteiger partial charge in [-0.05, 0) is 12.1 Å². The van der Waals surface area contributed by atoms with Gasteiger partial charge in [0.2, 0.25) is 5.91 Å². The van der Waals surface area contributed by atoms with Crippen molar-refractivity contribution >= 4 is 11.6 Å². The van der Waals surface area contributed by atoms with Gasteiger partial charge in [0.15, 0.2) is 0 Å². The maximum absolute atomic E-state index is 11.8. The molecule has 0 spiro atoms. The van der Waals surface area contributed by atoms with E-state index in [-0.39, 0.29) is 17.7 Å². The highest BCUT2D eigenvalue weighted by Gasteiger charge is 2.21. The number of nitrogens with one attached hydrogen (secondary N) is 2. The second-order valence-corrected chi connectivity index (χ2v) is 3.59. The number of hydrogen-bond acceptors (Lipinski definition) is 4. The van der Waals surface area contributed by atoms with Gasteiger partial charge in [-0.15, -0.1) is 0 Å².